The zero-order valence-corrected chi connectivity index (χ0v) is 16.6. The van der Waals surface area contributed by atoms with E-state index in [1.165, 1.54) is 0 Å². The first-order valence-corrected chi connectivity index (χ1v) is 9.64. The summed E-state index contributed by atoms with van der Waals surface area (Å²) < 4.78 is 3.62. The van der Waals surface area contributed by atoms with Crippen molar-refractivity contribution >= 4 is 5.97 Å². The molecule has 0 aliphatic rings. The molecular formula is C23H26N2O3. The Balaban J connectivity index is 1.92. The maximum Gasteiger partial charge on any atom is 0.336 e. The van der Waals surface area contributed by atoms with Crippen LogP contribution in [0.1, 0.15) is 54.8 Å². The van der Waals surface area contributed by atoms with Gasteiger partial charge in [-0.25, -0.2) is 9.59 Å². The highest BCUT2D eigenvalue weighted by atomic mass is 16.4. The van der Waals surface area contributed by atoms with Gasteiger partial charge in [-0.2, -0.15) is 0 Å². The number of aromatic carboxylic acids is 1. The van der Waals surface area contributed by atoms with Crippen molar-refractivity contribution in [3.8, 4) is 11.1 Å². The zero-order valence-electron chi connectivity index (χ0n) is 16.6. The van der Waals surface area contributed by atoms with E-state index in [4.69, 9.17) is 0 Å². The molecule has 0 fully saturated rings. The second kappa shape index (κ2) is 8.30. The molecule has 3 aromatic rings. The number of carboxylic acids is 1. The van der Waals surface area contributed by atoms with E-state index in [1.54, 1.807) is 16.7 Å². The number of hydrogen-bond donors (Lipinski definition) is 1. The van der Waals surface area contributed by atoms with Gasteiger partial charge in [-0.3, -0.25) is 9.13 Å². The Morgan fingerprint density at radius 2 is 1.75 bits per heavy atom. The predicted molar refractivity (Wildman–Crippen MR) is 111 cm³/mol. The molecule has 0 saturated heterocycles. The molecule has 146 valence electrons. The third kappa shape index (κ3) is 3.93. The highest BCUT2D eigenvalue weighted by Gasteiger charge is 2.14. The van der Waals surface area contributed by atoms with Gasteiger partial charge in [0, 0.05) is 17.9 Å². The van der Waals surface area contributed by atoms with Gasteiger partial charge in [-0.1, -0.05) is 55.8 Å². The molecule has 0 aliphatic heterocycles. The minimum Gasteiger partial charge on any atom is -0.478 e. The van der Waals surface area contributed by atoms with Gasteiger partial charge in [0.25, 0.3) is 0 Å². The number of imidazole rings is 1. The number of rotatable bonds is 7. The summed E-state index contributed by atoms with van der Waals surface area (Å²) in [7, 11) is 0. The summed E-state index contributed by atoms with van der Waals surface area (Å²) in [5, 5.41) is 9.39. The van der Waals surface area contributed by atoms with E-state index in [9.17, 15) is 14.7 Å². The molecule has 1 aromatic heterocycles. The van der Waals surface area contributed by atoms with E-state index in [0.717, 1.165) is 29.7 Å². The van der Waals surface area contributed by atoms with Crippen LogP contribution < -0.4 is 5.69 Å². The Morgan fingerprint density at radius 1 is 1.07 bits per heavy atom. The molecular weight excluding hydrogens is 352 g/mol. The average molecular weight is 378 g/mol. The summed E-state index contributed by atoms with van der Waals surface area (Å²) in [5.74, 6) is -0.939. The Morgan fingerprint density at radius 3 is 2.36 bits per heavy atom. The van der Waals surface area contributed by atoms with E-state index in [2.05, 4.69) is 6.92 Å². The van der Waals surface area contributed by atoms with Crippen LogP contribution in [0, 0.1) is 0 Å². The fourth-order valence-corrected chi connectivity index (χ4v) is 3.44. The van der Waals surface area contributed by atoms with Crippen LogP contribution in [0.2, 0.25) is 0 Å². The lowest BCUT2D eigenvalue weighted by atomic mass is 9.99. The third-order valence-corrected chi connectivity index (χ3v) is 4.91. The quantitative estimate of drug-likeness (QED) is 0.654. The monoisotopic (exact) mass is 378 g/mol. The summed E-state index contributed by atoms with van der Waals surface area (Å²) >= 11 is 0. The van der Waals surface area contributed by atoms with Crippen LogP contribution in [-0.4, -0.2) is 20.2 Å². The molecule has 28 heavy (non-hydrogen) atoms. The van der Waals surface area contributed by atoms with Crippen molar-refractivity contribution in [2.45, 2.75) is 46.2 Å². The third-order valence-electron chi connectivity index (χ3n) is 4.91. The number of aryl methyl sites for hydroxylation is 1. The molecule has 5 nitrogen and oxygen atoms in total. The standard InChI is InChI=1S/C23H26N2O3/c1-4-7-19-15-24(16(2)3)23(28)25(19)14-17-10-12-18(13-11-17)20-8-5-6-9-21(20)22(26)27/h5-6,8-13,15-16H,4,7,14H2,1-3H3,(H,26,27). The van der Waals surface area contributed by atoms with Gasteiger partial charge >= 0.3 is 11.7 Å². The Hall–Kier alpha value is -3.08. The van der Waals surface area contributed by atoms with Gasteiger partial charge in [0.1, 0.15) is 0 Å². The van der Waals surface area contributed by atoms with Gasteiger partial charge in [0.15, 0.2) is 0 Å². The molecule has 0 radical (unpaired) electrons. The topological polar surface area (TPSA) is 64.2 Å². The van der Waals surface area contributed by atoms with Gasteiger partial charge in [-0.05, 0) is 43.0 Å². The fraction of sp³-hybridized carbons (Fsp3) is 0.304. The molecule has 0 spiro atoms. The molecule has 2 aromatic carbocycles. The van der Waals surface area contributed by atoms with E-state index < -0.39 is 5.97 Å². The van der Waals surface area contributed by atoms with Crippen molar-refractivity contribution in [3.05, 3.63) is 82.0 Å². The van der Waals surface area contributed by atoms with E-state index in [1.807, 2.05) is 61.0 Å². The van der Waals surface area contributed by atoms with Crippen LogP contribution in [0.15, 0.2) is 59.5 Å². The molecule has 0 aliphatic carbocycles. The van der Waals surface area contributed by atoms with Crippen molar-refractivity contribution in [1.82, 2.24) is 9.13 Å². The smallest absolute Gasteiger partial charge is 0.336 e. The maximum absolute atomic E-state index is 12.8. The van der Waals surface area contributed by atoms with Crippen LogP contribution in [0.3, 0.4) is 0 Å². The van der Waals surface area contributed by atoms with Gasteiger partial charge < -0.3 is 5.11 Å². The first-order chi connectivity index (χ1) is 13.4. The first kappa shape index (κ1) is 19.7. The second-order valence-electron chi connectivity index (χ2n) is 7.29. The SMILES string of the molecule is CCCc1cn(C(C)C)c(=O)n1Cc1ccc(-c2ccccc2C(=O)O)cc1. The summed E-state index contributed by atoms with van der Waals surface area (Å²) in [5.41, 5.74) is 3.89. The van der Waals surface area contributed by atoms with Crippen LogP contribution in [0.25, 0.3) is 11.1 Å². The average Bonchev–Trinajstić information content (AvgIpc) is 2.99. The van der Waals surface area contributed by atoms with E-state index in [0.29, 0.717) is 12.1 Å². The van der Waals surface area contributed by atoms with E-state index in [-0.39, 0.29) is 17.3 Å². The maximum atomic E-state index is 12.8. The van der Waals surface area contributed by atoms with Gasteiger partial charge in [0.2, 0.25) is 0 Å². The van der Waals surface area contributed by atoms with Crippen molar-refractivity contribution in [3.63, 3.8) is 0 Å². The molecule has 0 saturated carbocycles. The molecule has 0 amide bonds. The van der Waals surface area contributed by atoms with Crippen LogP contribution in [0.4, 0.5) is 0 Å². The summed E-state index contributed by atoms with van der Waals surface area (Å²) in [6.45, 7) is 6.64. The van der Waals surface area contributed by atoms with Crippen molar-refractivity contribution in [1.29, 1.82) is 0 Å². The number of carboxylic acid groups (broad SMARTS) is 1. The van der Waals surface area contributed by atoms with Crippen molar-refractivity contribution in [2.75, 3.05) is 0 Å². The molecule has 1 N–H and O–H groups in total. The molecule has 1 heterocycles. The lowest BCUT2D eigenvalue weighted by Crippen LogP contribution is -2.26. The Bertz CT molecular complexity index is 1030. The number of hydrogen-bond acceptors (Lipinski definition) is 2. The summed E-state index contributed by atoms with van der Waals surface area (Å²) in [4.78, 5) is 24.2. The Kier molecular flexibility index (Phi) is 5.83. The molecule has 3 rings (SSSR count). The Labute approximate surface area is 164 Å². The number of benzene rings is 2. The van der Waals surface area contributed by atoms with Crippen LogP contribution in [0.5, 0.6) is 0 Å². The zero-order chi connectivity index (χ0) is 20.3. The predicted octanol–water partition coefficient (Wildman–Crippen LogP) is 4.60. The van der Waals surface area contributed by atoms with Crippen molar-refractivity contribution < 1.29 is 9.90 Å². The van der Waals surface area contributed by atoms with Crippen LogP contribution >= 0.6 is 0 Å². The number of aromatic nitrogens is 2. The van der Waals surface area contributed by atoms with Gasteiger partial charge in [-0.15, -0.1) is 0 Å². The van der Waals surface area contributed by atoms with Crippen LogP contribution in [-0.2, 0) is 13.0 Å². The molecule has 5 heteroatoms. The van der Waals surface area contributed by atoms with Gasteiger partial charge in [0.05, 0.1) is 12.1 Å². The first-order valence-electron chi connectivity index (χ1n) is 9.64. The van der Waals surface area contributed by atoms with Crippen molar-refractivity contribution in [2.24, 2.45) is 0 Å². The summed E-state index contributed by atoms with van der Waals surface area (Å²) in [6, 6.07) is 14.9. The lowest BCUT2D eigenvalue weighted by molar-refractivity contribution is 0.0697. The largest absolute Gasteiger partial charge is 0.478 e. The second-order valence-corrected chi connectivity index (χ2v) is 7.29. The lowest BCUT2D eigenvalue weighted by Gasteiger charge is -2.10. The molecule has 0 bridgehead atoms. The minimum absolute atomic E-state index is 0.0127. The summed E-state index contributed by atoms with van der Waals surface area (Å²) in [6.07, 6.45) is 3.81. The highest BCUT2D eigenvalue weighted by molar-refractivity contribution is 5.95. The normalized spacial score (nSPS) is 11.1. The molecule has 0 unspecified atom stereocenters. The minimum atomic E-state index is -0.939. The highest BCUT2D eigenvalue weighted by Crippen LogP contribution is 2.24. The fourth-order valence-electron chi connectivity index (χ4n) is 3.44. The molecule has 0 atom stereocenters. The number of nitrogens with zero attached hydrogens (tertiary/aromatic N) is 2. The van der Waals surface area contributed by atoms with E-state index >= 15 is 0 Å². The number of carbonyl (C=O) groups is 1.